The Morgan fingerprint density at radius 2 is 1.76 bits per heavy atom. The second-order valence-corrected chi connectivity index (χ2v) is 11.0. The molecule has 220 valence electrons. The van der Waals surface area contributed by atoms with Gasteiger partial charge in [0.2, 0.25) is 17.7 Å². The Morgan fingerprint density at radius 1 is 1.05 bits per heavy atom. The monoisotopic (exact) mass is 563 g/mol. The van der Waals surface area contributed by atoms with E-state index in [1.165, 1.54) is 10.1 Å². The minimum absolute atomic E-state index is 0.168. The summed E-state index contributed by atoms with van der Waals surface area (Å²) in [6, 6.07) is 13.3. The molecule has 0 spiro atoms. The van der Waals surface area contributed by atoms with Crippen LogP contribution in [-0.4, -0.2) is 39.0 Å². The number of imidazole rings is 1. The van der Waals surface area contributed by atoms with E-state index in [0.29, 0.717) is 19.4 Å². The topological polar surface area (TPSA) is 151 Å². The number of hydrogen-bond donors (Lipinski definition) is 3. The van der Waals surface area contributed by atoms with Crippen molar-refractivity contribution in [1.82, 2.24) is 14.5 Å². The van der Waals surface area contributed by atoms with E-state index in [2.05, 4.69) is 29.6 Å². The number of nitrogens with one attached hydrogen (secondary N) is 1. The van der Waals surface area contributed by atoms with Gasteiger partial charge in [-0.3, -0.25) is 28.8 Å². The van der Waals surface area contributed by atoms with E-state index in [4.69, 9.17) is 16.2 Å². The van der Waals surface area contributed by atoms with Gasteiger partial charge in [-0.1, -0.05) is 42.8 Å². The van der Waals surface area contributed by atoms with Gasteiger partial charge in [-0.25, -0.2) is 4.79 Å². The lowest BCUT2D eigenvalue weighted by molar-refractivity contribution is -0.135. The number of nitrogens with two attached hydrogens (primary N) is 2. The van der Waals surface area contributed by atoms with E-state index in [0.717, 1.165) is 54.3 Å². The van der Waals surface area contributed by atoms with Gasteiger partial charge in [0, 0.05) is 25.9 Å². The van der Waals surface area contributed by atoms with Crippen LogP contribution in [0.2, 0.25) is 0 Å². The number of unbranched alkanes of at least 4 members (excludes halogenated alkanes) is 2. The predicted molar refractivity (Wildman–Crippen MR) is 157 cm³/mol. The zero-order valence-electron chi connectivity index (χ0n) is 23.9. The first-order valence-electron chi connectivity index (χ1n) is 14.4. The number of imide groups is 1. The highest BCUT2D eigenvalue weighted by Crippen LogP contribution is 2.26. The molecular weight excluding hydrogens is 522 g/mol. The number of amides is 3. The lowest BCUT2D eigenvalue weighted by Crippen LogP contribution is -2.44. The lowest BCUT2D eigenvalue weighted by atomic mass is 10.0. The number of hydrogen-bond acceptors (Lipinski definition) is 6. The fraction of sp³-hybridized carbons (Fsp3) is 0.484. The van der Waals surface area contributed by atoms with Crippen molar-refractivity contribution in [3.8, 4) is 0 Å². The standard InChI is InChI=1S/C31H41N5O5/c1-20(24(32)15-17-27(33)37)41-19-22-13-11-21(12-14-22)7-4-3-5-8-23-9-6-10-25-29(23)35(2)31(40)36(25)26-16-18-28(38)34-30(26)39/h6,9-14,20,24,26H,3-5,7-8,15-19,32H2,1-2H3,(H2,33,37)(H,34,38,39)/t20-,24+,26?/m1/s1. The average Bonchev–Trinajstić information content (AvgIpc) is 3.20. The number of aromatic nitrogens is 2. The molecule has 1 fully saturated rings. The summed E-state index contributed by atoms with van der Waals surface area (Å²) < 4.78 is 9.03. The van der Waals surface area contributed by atoms with Crippen molar-refractivity contribution in [2.75, 3.05) is 0 Å². The Kier molecular flexibility index (Phi) is 10.1. The Bertz CT molecular complexity index is 1440. The number of aryl methyl sites for hydroxylation is 3. The number of para-hydroxylation sites is 1. The smallest absolute Gasteiger partial charge is 0.329 e. The molecule has 1 aromatic heterocycles. The summed E-state index contributed by atoms with van der Waals surface area (Å²) in [5.41, 5.74) is 16.0. The van der Waals surface area contributed by atoms with Gasteiger partial charge in [-0.15, -0.1) is 0 Å². The van der Waals surface area contributed by atoms with Crippen LogP contribution in [0.3, 0.4) is 0 Å². The Labute approximate surface area is 240 Å². The van der Waals surface area contributed by atoms with E-state index in [9.17, 15) is 19.2 Å². The number of ether oxygens (including phenoxy) is 1. The molecular formula is C31H41N5O5. The first-order chi connectivity index (χ1) is 19.7. The van der Waals surface area contributed by atoms with Crippen LogP contribution in [-0.2, 0) is 45.6 Å². The van der Waals surface area contributed by atoms with Crippen molar-refractivity contribution < 1.29 is 19.1 Å². The van der Waals surface area contributed by atoms with Crippen LogP contribution in [0.25, 0.3) is 11.0 Å². The van der Waals surface area contributed by atoms with Crippen LogP contribution in [0.15, 0.2) is 47.3 Å². The van der Waals surface area contributed by atoms with Crippen LogP contribution in [0.4, 0.5) is 0 Å². The number of rotatable bonds is 14. The third-order valence-corrected chi connectivity index (χ3v) is 7.98. The zero-order valence-corrected chi connectivity index (χ0v) is 23.9. The molecule has 2 aromatic carbocycles. The molecule has 0 radical (unpaired) electrons. The van der Waals surface area contributed by atoms with E-state index in [1.807, 2.05) is 25.1 Å². The molecule has 10 nitrogen and oxygen atoms in total. The fourth-order valence-corrected chi connectivity index (χ4v) is 5.47. The number of piperidine rings is 1. The highest BCUT2D eigenvalue weighted by Gasteiger charge is 2.31. The number of nitrogens with zero attached hydrogens (tertiary/aromatic N) is 2. The van der Waals surface area contributed by atoms with Gasteiger partial charge >= 0.3 is 5.69 Å². The number of fused-ring (bicyclic) bond motifs is 1. The summed E-state index contributed by atoms with van der Waals surface area (Å²) in [4.78, 5) is 48.1. The molecule has 4 rings (SSSR count). The Hall–Kier alpha value is -3.76. The van der Waals surface area contributed by atoms with Gasteiger partial charge in [0.25, 0.3) is 0 Å². The molecule has 2 heterocycles. The molecule has 1 saturated heterocycles. The summed E-state index contributed by atoms with van der Waals surface area (Å²) in [7, 11) is 1.74. The third-order valence-electron chi connectivity index (χ3n) is 7.98. The van der Waals surface area contributed by atoms with E-state index in [1.54, 1.807) is 11.6 Å². The molecule has 3 atom stereocenters. The maximum Gasteiger partial charge on any atom is 0.329 e. The van der Waals surface area contributed by atoms with Crippen molar-refractivity contribution in [3.63, 3.8) is 0 Å². The number of carbonyl (C=O) groups excluding carboxylic acids is 3. The van der Waals surface area contributed by atoms with Gasteiger partial charge in [0.15, 0.2) is 0 Å². The second-order valence-electron chi connectivity index (χ2n) is 11.0. The van der Waals surface area contributed by atoms with Crippen LogP contribution in [0.5, 0.6) is 0 Å². The number of carbonyl (C=O) groups is 3. The summed E-state index contributed by atoms with van der Waals surface area (Å²) in [5, 5.41) is 2.36. The summed E-state index contributed by atoms with van der Waals surface area (Å²) in [6.07, 6.45) is 6.04. The number of benzene rings is 2. The summed E-state index contributed by atoms with van der Waals surface area (Å²) in [5.74, 6) is -1.07. The second kappa shape index (κ2) is 13.7. The molecule has 0 saturated carbocycles. The Morgan fingerprint density at radius 3 is 2.46 bits per heavy atom. The van der Waals surface area contributed by atoms with Crippen LogP contribution < -0.4 is 22.5 Å². The zero-order chi connectivity index (χ0) is 29.5. The molecule has 0 aliphatic carbocycles. The fourth-order valence-electron chi connectivity index (χ4n) is 5.47. The first-order valence-corrected chi connectivity index (χ1v) is 14.4. The molecule has 0 bridgehead atoms. The highest BCUT2D eigenvalue weighted by atomic mass is 16.5. The van der Waals surface area contributed by atoms with Crippen molar-refractivity contribution in [2.45, 2.75) is 89.5 Å². The highest BCUT2D eigenvalue weighted by molar-refractivity contribution is 6.00. The molecule has 1 unspecified atom stereocenters. The Balaban J connectivity index is 1.26. The molecule has 10 heteroatoms. The van der Waals surface area contributed by atoms with Crippen molar-refractivity contribution in [2.24, 2.45) is 18.5 Å². The third kappa shape index (κ3) is 7.51. The van der Waals surface area contributed by atoms with Gasteiger partial charge in [0.05, 0.1) is 23.7 Å². The van der Waals surface area contributed by atoms with Crippen molar-refractivity contribution >= 4 is 28.8 Å². The van der Waals surface area contributed by atoms with Crippen LogP contribution in [0.1, 0.15) is 74.6 Å². The summed E-state index contributed by atoms with van der Waals surface area (Å²) in [6.45, 7) is 2.37. The minimum Gasteiger partial charge on any atom is -0.372 e. The molecule has 1 aliphatic rings. The number of primary amides is 1. The van der Waals surface area contributed by atoms with Crippen molar-refractivity contribution in [1.29, 1.82) is 0 Å². The molecule has 41 heavy (non-hydrogen) atoms. The quantitative estimate of drug-likeness (QED) is 0.203. The van der Waals surface area contributed by atoms with Crippen LogP contribution in [0, 0.1) is 0 Å². The van der Waals surface area contributed by atoms with Crippen LogP contribution >= 0.6 is 0 Å². The normalized spacial score (nSPS) is 17.0. The largest absolute Gasteiger partial charge is 0.372 e. The van der Waals surface area contributed by atoms with Gasteiger partial charge < -0.3 is 16.2 Å². The van der Waals surface area contributed by atoms with Gasteiger partial charge in [-0.05, 0) is 68.2 Å². The lowest BCUT2D eigenvalue weighted by Gasteiger charge is -2.21. The average molecular weight is 564 g/mol. The van der Waals surface area contributed by atoms with Crippen molar-refractivity contribution in [3.05, 3.63) is 69.6 Å². The SMILES string of the molecule is C[C@@H](OCc1ccc(CCCCCc2cccc3c2n(C)c(=O)n3C2CCC(=O)NC2=O)cc1)[C@@H](N)CCC(N)=O. The van der Waals surface area contributed by atoms with E-state index in [-0.39, 0.29) is 42.5 Å². The molecule has 3 aromatic rings. The van der Waals surface area contributed by atoms with Gasteiger partial charge in [-0.2, -0.15) is 0 Å². The molecule has 3 amide bonds. The minimum atomic E-state index is -0.675. The first kappa shape index (κ1) is 30.2. The molecule has 1 aliphatic heterocycles. The predicted octanol–water partition coefficient (Wildman–Crippen LogP) is 2.77. The molecule has 5 N–H and O–H groups in total. The summed E-state index contributed by atoms with van der Waals surface area (Å²) >= 11 is 0. The maximum atomic E-state index is 13.1. The maximum absolute atomic E-state index is 13.1. The van der Waals surface area contributed by atoms with Gasteiger partial charge in [0.1, 0.15) is 6.04 Å². The van der Waals surface area contributed by atoms with E-state index >= 15 is 0 Å². The van der Waals surface area contributed by atoms with E-state index < -0.39 is 11.9 Å².